The highest BCUT2D eigenvalue weighted by Crippen LogP contribution is 2.39. The largest absolute Gasteiger partial charge is 0.497 e. The summed E-state index contributed by atoms with van der Waals surface area (Å²) in [6.07, 6.45) is 2.04. The lowest BCUT2D eigenvalue weighted by Crippen LogP contribution is -2.38. The number of benzene rings is 3. The zero-order valence-corrected chi connectivity index (χ0v) is 22.0. The number of fused-ring (bicyclic) bond motifs is 3. The van der Waals surface area contributed by atoms with Crippen LogP contribution >= 0.6 is 0 Å². The number of aryl methyl sites for hydroxylation is 1. The zero-order chi connectivity index (χ0) is 26.9. The summed E-state index contributed by atoms with van der Waals surface area (Å²) in [4.78, 5) is 15.9. The molecule has 8 nitrogen and oxygen atoms in total. The van der Waals surface area contributed by atoms with Crippen LogP contribution in [0.2, 0.25) is 0 Å². The van der Waals surface area contributed by atoms with Crippen molar-refractivity contribution < 1.29 is 14.3 Å². The van der Waals surface area contributed by atoms with Crippen molar-refractivity contribution in [2.75, 3.05) is 19.5 Å². The second kappa shape index (κ2) is 10.1. The highest BCUT2D eigenvalue weighted by molar-refractivity contribution is 5.90. The van der Waals surface area contributed by atoms with E-state index in [-0.39, 0.29) is 12.1 Å². The van der Waals surface area contributed by atoms with Crippen LogP contribution < -0.4 is 14.8 Å². The highest BCUT2D eigenvalue weighted by atomic mass is 16.5. The Hall–Kier alpha value is -4.98. The lowest BCUT2D eigenvalue weighted by Gasteiger charge is -2.31. The summed E-state index contributed by atoms with van der Waals surface area (Å²) in [5.74, 6) is 2.36. The van der Waals surface area contributed by atoms with Crippen LogP contribution in [0.3, 0.4) is 0 Å². The minimum absolute atomic E-state index is 0.225. The number of nitrogens with one attached hydrogen (secondary N) is 1. The molecule has 0 aliphatic carbocycles. The van der Waals surface area contributed by atoms with Gasteiger partial charge in [0, 0.05) is 23.5 Å². The quantitative estimate of drug-likeness (QED) is 0.303. The Bertz CT molecular complexity index is 1620. The molecule has 2 aromatic heterocycles. The average molecular weight is 520 g/mol. The van der Waals surface area contributed by atoms with Crippen molar-refractivity contribution in [1.29, 1.82) is 0 Å². The van der Waals surface area contributed by atoms with E-state index in [1.165, 1.54) is 0 Å². The first-order chi connectivity index (χ1) is 19.1. The van der Waals surface area contributed by atoms with Gasteiger partial charge in [0.25, 0.3) is 0 Å². The second-order valence-electron chi connectivity index (χ2n) is 9.40. The third kappa shape index (κ3) is 4.40. The van der Waals surface area contributed by atoms with Gasteiger partial charge in [-0.15, -0.1) is 0 Å². The van der Waals surface area contributed by atoms with E-state index in [0.29, 0.717) is 18.0 Å². The number of amides is 2. The molecular weight excluding hydrogens is 490 g/mol. The SMILES string of the molecule is COc1ccc(C2c3cccn3-c3c(c(C)nn3-c3ccccc3)CN2C(=O)Nc2cccc(OC)c2)cc1. The van der Waals surface area contributed by atoms with E-state index in [1.54, 1.807) is 14.2 Å². The Balaban J connectivity index is 1.51. The van der Waals surface area contributed by atoms with E-state index in [9.17, 15) is 4.79 Å². The summed E-state index contributed by atoms with van der Waals surface area (Å²) in [5, 5.41) is 8.00. The van der Waals surface area contributed by atoms with Gasteiger partial charge in [0.05, 0.1) is 43.9 Å². The number of nitrogens with zero attached hydrogens (tertiary/aromatic N) is 4. The van der Waals surface area contributed by atoms with Gasteiger partial charge >= 0.3 is 6.03 Å². The minimum atomic E-state index is -0.368. The summed E-state index contributed by atoms with van der Waals surface area (Å²) in [5.41, 5.74) is 5.38. The molecule has 8 heteroatoms. The molecular formula is C31H29N5O3. The first-order valence-corrected chi connectivity index (χ1v) is 12.7. The van der Waals surface area contributed by atoms with Gasteiger partial charge in [-0.1, -0.05) is 36.4 Å². The molecule has 0 radical (unpaired) electrons. The predicted octanol–water partition coefficient (Wildman–Crippen LogP) is 6.13. The van der Waals surface area contributed by atoms with Gasteiger partial charge in [-0.2, -0.15) is 5.10 Å². The number of hydrogen-bond acceptors (Lipinski definition) is 4. The number of anilines is 1. The number of carbonyl (C=O) groups is 1. The second-order valence-corrected chi connectivity index (χ2v) is 9.40. The molecule has 3 heterocycles. The number of urea groups is 1. The molecule has 1 N–H and O–H groups in total. The van der Waals surface area contributed by atoms with Gasteiger partial charge in [-0.3, -0.25) is 0 Å². The molecule has 1 aliphatic rings. The lowest BCUT2D eigenvalue weighted by molar-refractivity contribution is 0.194. The molecule has 0 saturated carbocycles. The fourth-order valence-electron chi connectivity index (χ4n) is 5.18. The molecule has 2 amide bonds. The van der Waals surface area contributed by atoms with E-state index < -0.39 is 0 Å². The molecule has 1 unspecified atom stereocenters. The summed E-state index contributed by atoms with van der Waals surface area (Å²) >= 11 is 0. The van der Waals surface area contributed by atoms with Gasteiger partial charge in [0.15, 0.2) is 0 Å². The maximum absolute atomic E-state index is 14.1. The maximum atomic E-state index is 14.1. The smallest absolute Gasteiger partial charge is 0.322 e. The van der Waals surface area contributed by atoms with E-state index in [4.69, 9.17) is 14.6 Å². The molecule has 196 valence electrons. The molecule has 0 spiro atoms. The fraction of sp³-hybridized carbons (Fsp3) is 0.161. The Kier molecular flexibility index (Phi) is 6.28. The zero-order valence-electron chi connectivity index (χ0n) is 22.0. The first-order valence-electron chi connectivity index (χ1n) is 12.7. The van der Waals surface area contributed by atoms with Crippen LogP contribution in [0, 0.1) is 6.92 Å². The van der Waals surface area contributed by atoms with E-state index >= 15 is 0 Å². The number of para-hydroxylation sites is 1. The fourth-order valence-corrected chi connectivity index (χ4v) is 5.18. The van der Waals surface area contributed by atoms with Crippen molar-refractivity contribution in [3.63, 3.8) is 0 Å². The van der Waals surface area contributed by atoms with Crippen molar-refractivity contribution in [2.24, 2.45) is 0 Å². The summed E-state index contributed by atoms with van der Waals surface area (Å²) in [7, 11) is 3.26. The summed E-state index contributed by atoms with van der Waals surface area (Å²) in [6.45, 7) is 2.36. The van der Waals surface area contributed by atoms with Crippen molar-refractivity contribution in [1.82, 2.24) is 19.2 Å². The maximum Gasteiger partial charge on any atom is 0.322 e. The molecule has 0 bridgehead atoms. The van der Waals surface area contributed by atoms with Crippen LogP contribution in [0.15, 0.2) is 97.2 Å². The van der Waals surface area contributed by atoms with E-state index in [2.05, 4.69) is 16.0 Å². The number of carbonyl (C=O) groups excluding carboxylic acids is 1. The molecule has 39 heavy (non-hydrogen) atoms. The Morgan fingerprint density at radius 1 is 0.897 bits per heavy atom. The third-order valence-electron chi connectivity index (χ3n) is 7.10. The number of hydrogen-bond donors (Lipinski definition) is 1. The first kappa shape index (κ1) is 24.4. The van der Waals surface area contributed by atoms with Crippen molar-refractivity contribution in [3.8, 4) is 23.0 Å². The van der Waals surface area contributed by atoms with Gasteiger partial charge in [0.1, 0.15) is 17.3 Å². The van der Waals surface area contributed by atoms with Gasteiger partial charge in [-0.05, 0) is 61.0 Å². The van der Waals surface area contributed by atoms with Crippen molar-refractivity contribution in [3.05, 3.63) is 120 Å². The summed E-state index contributed by atoms with van der Waals surface area (Å²) < 4.78 is 14.9. The monoisotopic (exact) mass is 519 g/mol. The van der Waals surface area contributed by atoms with Gasteiger partial charge in [-0.25, -0.2) is 9.48 Å². The molecule has 1 aliphatic heterocycles. The minimum Gasteiger partial charge on any atom is -0.497 e. The van der Waals surface area contributed by atoms with Crippen LogP contribution in [-0.2, 0) is 6.54 Å². The molecule has 1 atom stereocenters. The Morgan fingerprint density at radius 2 is 1.67 bits per heavy atom. The standard InChI is InChI=1S/C31H29N5O3/c1-21-27-20-35(31(37)32-23-9-7-12-26(19-23)39-3)29(22-14-16-25(38-2)17-15-22)28-13-8-18-34(28)30(27)36(33-21)24-10-5-4-6-11-24/h4-19,29H,20H2,1-3H3,(H,32,37). The lowest BCUT2D eigenvalue weighted by atomic mass is 10.0. The normalized spacial score (nSPS) is 14.2. The molecule has 5 aromatic rings. The van der Waals surface area contributed by atoms with Gasteiger partial charge < -0.3 is 24.3 Å². The van der Waals surface area contributed by atoms with E-state index in [1.807, 2.05) is 108 Å². The molecule has 3 aromatic carbocycles. The topological polar surface area (TPSA) is 73.5 Å². The van der Waals surface area contributed by atoms with Crippen LogP contribution in [0.4, 0.5) is 10.5 Å². The molecule has 0 saturated heterocycles. The number of rotatable bonds is 5. The number of methoxy groups -OCH3 is 2. The van der Waals surface area contributed by atoms with E-state index in [0.717, 1.165) is 39.8 Å². The van der Waals surface area contributed by atoms with Crippen LogP contribution in [0.1, 0.15) is 28.6 Å². The summed E-state index contributed by atoms with van der Waals surface area (Å²) in [6, 6.07) is 28.8. The molecule has 0 fully saturated rings. The van der Waals surface area contributed by atoms with Crippen LogP contribution in [0.5, 0.6) is 11.5 Å². The number of ether oxygens (including phenoxy) is 2. The van der Waals surface area contributed by atoms with Crippen molar-refractivity contribution in [2.45, 2.75) is 19.5 Å². The molecule has 6 rings (SSSR count). The Morgan fingerprint density at radius 3 is 2.41 bits per heavy atom. The number of aromatic nitrogens is 3. The van der Waals surface area contributed by atoms with Crippen LogP contribution in [-0.4, -0.2) is 39.5 Å². The third-order valence-corrected chi connectivity index (χ3v) is 7.10. The van der Waals surface area contributed by atoms with Crippen molar-refractivity contribution >= 4 is 11.7 Å². The predicted molar refractivity (Wildman–Crippen MR) is 150 cm³/mol. The average Bonchev–Trinajstić information content (AvgIpc) is 3.54. The Labute approximate surface area is 227 Å². The highest BCUT2D eigenvalue weighted by Gasteiger charge is 2.36. The van der Waals surface area contributed by atoms with Crippen LogP contribution in [0.25, 0.3) is 11.5 Å². The van der Waals surface area contributed by atoms with Gasteiger partial charge in [0.2, 0.25) is 0 Å².